The summed E-state index contributed by atoms with van der Waals surface area (Å²) in [6.07, 6.45) is -66.3. The van der Waals surface area contributed by atoms with Crippen LogP contribution in [0, 0.1) is 6.92 Å². The average molecular weight is 1260 g/mol. The molecule has 15 heterocycles. The van der Waals surface area contributed by atoms with E-state index in [2.05, 4.69) is 0 Å². The van der Waals surface area contributed by atoms with E-state index in [-0.39, 0.29) is 5.75 Å². The quantitative estimate of drug-likeness (QED) is 0.103. The molecule has 1 aromatic carbocycles. The van der Waals surface area contributed by atoms with E-state index in [0.29, 0.717) is 0 Å². The number of aliphatic hydroxyl groups is 20. The second kappa shape index (κ2) is 29.2. The van der Waals surface area contributed by atoms with Gasteiger partial charge >= 0.3 is 0 Å². The van der Waals surface area contributed by atoms with Gasteiger partial charge in [0.05, 0.1) is 57.6 Å². The molecule has 0 amide bonds. The van der Waals surface area contributed by atoms with E-state index in [9.17, 15) is 102 Å². The van der Waals surface area contributed by atoms with Gasteiger partial charge in [-0.3, -0.25) is 0 Å². The van der Waals surface area contributed by atoms with Crippen molar-refractivity contribution in [3.05, 3.63) is 35.4 Å². The summed E-state index contributed by atoms with van der Waals surface area (Å²) in [5.74, 6) is 0.127. The zero-order valence-electron chi connectivity index (χ0n) is 45.2. The molecule has 0 aromatic heterocycles. The van der Waals surface area contributed by atoms with Crippen LogP contribution in [0.5, 0.6) is 0 Å². The van der Waals surface area contributed by atoms with Crippen LogP contribution in [-0.4, -0.2) is 362 Å². The molecule has 15 fully saturated rings. The number of aryl methyl sites for hydroxylation is 1. The predicted molar refractivity (Wildman–Crippen MR) is 269 cm³/mol. The summed E-state index contributed by atoms with van der Waals surface area (Å²) in [6.45, 7) is -5.25. The van der Waals surface area contributed by atoms with E-state index in [1.807, 2.05) is 19.1 Å². The highest BCUT2D eigenvalue weighted by Crippen LogP contribution is 2.41. The minimum absolute atomic E-state index is 0.127. The Bertz CT molecular complexity index is 2210. The summed E-state index contributed by atoms with van der Waals surface area (Å²) in [4.78, 5) is 0. The smallest absolute Gasteiger partial charge is 0.187 e. The van der Waals surface area contributed by atoms with Gasteiger partial charge in [0, 0.05) is 5.75 Å². The molecule has 0 saturated carbocycles. The van der Waals surface area contributed by atoms with Crippen molar-refractivity contribution < 1.29 is 168 Å². The van der Waals surface area contributed by atoms with Crippen LogP contribution < -0.4 is 0 Å². The number of aliphatic hydroxyl groups excluding tert-OH is 20. The van der Waals surface area contributed by atoms with Crippen molar-refractivity contribution >= 4 is 11.8 Å². The summed E-state index contributed by atoms with van der Waals surface area (Å²) in [5, 5.41) is 222. The van der Waals surface area contributed by atoms with Gasteiger partial charge < -0.3 is 168 Å². The van der Waals surface area contributed by atoms with E-state index in [1.165, 1.54) is 0 Å². The minimum Gasteiger partial charge on any atom is -0.394 e. The van der Waals surface area contributed by atoms with Gasteiger partial charge in [0.1, 0.15) is 159 Å². The van der Waals surface area contributed by atoms with Gasteiger partial charge in [-0.25, -0.2) is 0 Å². The van der Waals surface area contributed by atoms with Crippen molar-refractivity contribution in [1.29, 1.82) is 0 Å². The van der Waals surface area contributed by atoms with Crippen LogP contribution in [-0.2, 0) is 72.1 Å². The zero-order valence-corrected chi connectivity index (χ0v) is 46.1. The van der Waals surface area contributed by atoms with Gasteiger partial charge in [-0.1, -0.05) is 29.8 Å². The lowest BCUT2D eigenvalue weighted by molar-refractivity contribution is -0.396. The monoisotopic (exact) mass is 1250 g/mol. The predicted octanol–water partition coefficient (Wildman–Crippen LogP) is -12.0. The van der Waals surface area contributed by atoms with Gasteiger partial charge in [0.2, 0.25) is 0 Å². The maximum absolute atomic E-state index is 12.3. The number of ether oxygens (including phenoxy) is 14. The SMILES string of the molecule is Cc1ccc(CS[C@@H]2[C@H]3O[C@H]4[C@@H](O)[C@H](O)[C@@H](O[C@H]5[C@H](O)[C@@H](O)[C@@H](O[C@H]6[C@H](O)[C@@H](O)[C@@H](O[C@H]7[C@H](O)[C@@H](O)[C@@H](O[C@H]8[C@H](O)[C@@H](O)[C@@H](O[C@H]9[C@H](O)[C@@H](O)[C@@H](O[C@@H]([C@H]2O)[C@@H](CO)O3)O[C@@H]9CO)O[C@@H]8CO)O[C@@H]7CO)O[C@@H]6CO)O[C@@H]5CO)O[C@@H]4CO)cc1. The molecule has 15 saturated heterocycles. The first kappa shape index (κ1) is 67.6. The summed E-state index contributed by atoms with van der Waals surface area (Å²) in [6, 6.07) is 7.21. The molecule has 0 spiro atoms. The molecule has 1 aromatic rings. The maximum atomic E-state index is 12.3. The first-order valence-corrected chi connectivity index (χ1v) is 28.6. The molecule has 85 heavy (non-hydrogen) atoms. The molecule has 0 radical (unpaired) electrons. The van der Waals surface area contributed by atoms with Crippen molar-refractivity contribution in [3.8, 4) is 0 Å². The largest absolute Gasteiger partial charge is 0.394 e. The maximum Gasteiger partial charge on any atom is 0.187 e. The number of thioether (sulfide) groups is 1. The third kappa shape index (κ3) is 13.9. The van der Waals surface area contributed by atoms with Gasteiger partial charge in [0.15, 0.2) is 44.0 Å². The standard InChI is InChI=1S/C50H78O34S/c1-14-2-4-15(5-3-14)13-85-43-35(70)42-22(12-57)77-50(43)84-41-21(11-56)76-48(34(69)28(41)63)82-39-19(9-54)74-46(32(67)26(39)61)80-37-17(7-52)72-44(30(65)24(37)59)78-36-16(6-51)71-45(29(64)23(36)58)79-38-18(8-53)73-47(31(66)25(38)60)81-40-20(10-55)75-49(83-42)33(68)27(40)62/h2-5,16-70H,6-13H2,1H3/t16-,17-,18-,19-,20-,21-,22-,23-,24-,25-,26-,27-,28+,29-,30-,31-,32-,33-,34+,35-,36-,37-,38-,39-,40-,41-,42-,43+,44-,45-,46-,47-,48-,49-,50-/m1/s1. The Morgan fingerprint density at radius 2 is 0.471 bits per heavy atom. The van der Waals surface area contributed by atoms with Crippen LogP contribution in [0.15, 0.2) is 24.3 Å². The number of rotatable bonds is 10. The second-order valence-electron chi connectivity index (χ2n) is 21.9. The van der Waals surface area contributed by atoms with Gasteiger partial charge in [-0.15, -0.1) is 11.8 Å². The number of hydrogen-bond acceptors (Lipinski definition) is 35. The zero-order chi connectivity index (χ0) is 61.5. The van der Waals surface area contributed by atoms with Crippen LogP contribution in [0.3, 0.4) is 0 Å². The topological polar surface area (TPSA) is 534 Å². The molecular formula is C50H78O34S. The van der Waals surface area contributed by atoms with Crippen LogP contribution >= 0.6 is 11.8 Å². The summed E-state index contributed by atoms with van der Waals surface area (Å²) < 4.78 is 82.0. The molecule has 0 aliphatic carbocycles. The van der Waals surface area contributed by atoms with Crippen molar-refractivity contribution in [2.75, 3.05) is 46.2 Å². The lowest BCUT2D eigenvalue weighted by Crippen LogP contribution is -2.68. The first-order valence-electron chi connectivity index (χ1n) is 27.6. The molecule has 15 aliphatic rings. The van der Waals surface area contributed by atoms with Gasteiger partial charge in [-0.05, 0) is 12.5 Å². The van der Waals surface area contributed by atoms with Crippen molar-refractivity contribution in [3.63, 3.8) is 0 Å². The van der Waals surface area contributed by atoms with Crippen LogP contribution in [0.25, 0.3) is 0 Å². The Morgan fingerprint density at radius 1 is 0.271 bits per heavy atom. The van der Waals surface area contributed by atoms with Crippen LogP contribution in [0.2, 0.25) is 0 Å². The third-order valence-corrected chi connectivity index (χ3v) is 17.7. The number of benzene rings is 1. The highest BCUT2D eigenvalue weighted by molar-refractivity contribution is 7.99. The second-order valence-corrected chi connectivity index (χ2v) is 23.1. The number of fused-ring (bicyclic) bond motifs is 7. The Hall–Kier alpha value is -1.79. The first-order chi connectivity index (χ1) is 40.6. The van der Waals surface area contributed by atoms with Crippen molar-refractivity contribution in [2.45, 2.75) is 227 Å². The van der Waals surface area contributed by atoms with Crippen LogP contribution in [0.1, 0.15) is 11.1 Å². The van der Waals surface area contributed by atoms with Crippen molar-refractivity contribution in [2.24, 2.45) is 0 Å². The van der Waals surface area contributed by atoms with Gasteiger partial charge in [0.25, 0.3) is 0 Å². The highest BCUT2D eigenvalue weighted by atomic mass is 32.2. The molecular weight excluding hydrogens is 1180 g/mol. The fourth-order valence-corrected chi connectivity index (χ4v) is 12.7. The van der Waals surface area contributed by atoms with E-state index in [1.54, 1.807) is 12.1 Å². The molecule has 34 nitrogen and oxygen atoms in total. The molecule has 16 rings (SSSR count). The molecule has 20 N–H and O–H groups in total. The molecule has 15 aliphatic heterocycles. The minimum atomic E-state index is -2.20. The normalized spacial score (nSPS) is 51.2. The summed E-state index contributed by atoms with van der Waals surface area (Å²) in [7, 11) is 0. The molecule has 488 valence electrons. The van der Waals surface area contributed by atoms with E-state index >= 15 is 0 Å². The third-order valence-electron chi connectivity index (χ3n) is 16.3. The lowest BCUT2D eigenvalue weighted by Gasteiger charge is -2.50. The molecule has 35 heteroatoms. The highest BCUT2D eigenvalue weighted by Gasteiger charge is 2.59. The Balaban J connectivity index is 1.02. The van der Waals surface area contributed by atoms with E-state index in [4.69, 9.17) is 66.3 Å². The Kier molecular flexibility index (Phi) is 23.2. The lowest BCUT2D eigenvalue weighted by atomic mass is 9.95. The molecule has 0 unspecified atom stereocenters. The van der Waals surface area contributed by atoms with Crippen molar-refractivity contribution in [1.82, 2.24) is 0 Å². The fraction of sp³-hybridized carbons (Fsp3) is 0.880. The molecule has 14 bridgehead atoms. The summed E-state index contributed by atoms with van der Waals surface area (Å²) in [5.41, 5.74) is 1.64. The Morgan fingerprint density at radius 3 is 0.694 bits per heavy atom. The van der Waals surface area contributed by atoms with E-state index in [0.717, 1.165) is 22.9 Å². The van der Waals surface area contributed by atoms with Gasteiger partial charge in [-0.2, -0.15) is 0 Å². The fourth-order valence-electron chi connectivity index (χ4n) is 11.5. The van der Waals surface area contributed by atoms with E-state index < -0.39 is 260 Å². The summed E-state index contributed by atoms with van der Waals surface area (Å²) >= 11 is 1.01. The molecule has 35 atom stereocenters. The number of hydrogen-bond donors (Lipinski definition) is 20. The average Bonchev–Trinajstić information content (AvgIpc) is 2.29. The van der Waals surface area contributed by atoms with Crippen LogP contribution in [0.4, 0.5) is 0 Å². The Labute approximate surface area is 487 Å².